The van der Waals surface area contributed by atoms with Crippen LogP contribution in [0.1, 0.15) is 29.8 Å². The Hall–Kier alpha value is -2.90. The van der Waals surface area contributed by atoms with E-state index in [1.54, 1.807) is 29.3 Å². The van der Waals surface area contributed by atoms with Crippen LogP contribution in [0.4, 0.5) is 0 Å². The van der Waals surface area contributed by atoms with Gasteiger partial charge in [-0.1, -0.05) is 43.1 Å². The predicted molar refractivity (Wildman–Crippen MR) is 116 cm³/mol. The highest BCUT2D eigenvalue weighted by Gasteiger charge is 2.25. The summed E-state index contributed by atoms with van der Waals surface area (Å²) in [5.41, 5.74) is 1.09. The van der Waals surface area contributed by atoms with Crippen molar-refractivity contribution in [2.24, 2.45) is 5.92 Å². The van der Waals surface area contributed by atoms with Gasteiger partial charge in [0, 0.05) is 30.2 Å². The summed E-state index contributed by atoms with van der Waals surface area (Å²) in [7, 11) is 0. The van der Waals surface area contributed by atoms with Crippen molar-refractivity contribution in [2.45, 2.75) is 26.4 Å². The number of hydrogen-bond acceptors (Lipinski definition) is 4. The van der Waals surface area contributed by atoms with Crippen LogP contribution in [-0.2, 0) is 11.3 Å². The topological polar surface area (TPSA) is 88.9 Å². The number of pyridine rings is 1. The first-order valence-electron chi connectivity index (χ1n) is 9.33. The number of benzene rings is 1. The maximum absolute atomic E-state index is 12.7. The zero-order valence-electron chi connectivity index (χ0n) is 16.5. The van der Waals surface area contributed by atoms with Crippen LogP contribution in [0, 0.1) is 5.92 Å². The molecule has 156 valence electrons. The van der Waals surface area contributed by atoms with Crippen molar-refractivity contribution in [1.29, 1.82) is 0 Å². The van der Waals surface area contributed by atoms with Gasteiger partial charge in [-0.15, -0.1) is 0 Å². The lowest BCUT2D eigenvalue weighted by Gasteiger charge is -2.22. The monoisotopic (exact) mass is 445 g/mol. The number of carbonyl (C=O) groups is 2. The van der Waals surface area contributed by atoms with E-state index in [1.807, 2.05) is 32.0 Å². The first kappa shape index (κ1) is 21.8. The van der Waals surface area contributed by atoms with Crippen molar-refractivity contribution in [3.63, 3.8) is 0 Å². The van der Waals surface area contributed by atoms with Gasteiger partial charge in [-0.2, -0.15) is 5.10 Å². The summed E-state index contributed by atoms with van der Waals surface area (Å²) in [4.78, 5) is 29.6. The Morgan fingerprint density at radius 2 is 1.97 bits per heavy atom. The molecule has 30 heavy (non-hydrogen) atoms. The van der Waals surface area contributed by atoms with Gasteiger partial charge in [0.05, 0.1) is 10.6 Å². The van der Waals surface area contributed by atoms with Crippen LogP contribution in [0.5, 0.6) is 0 Å². The van der Waals surface area contributed by atoms with Gasteiger partial charge in [0.15, 0.2) is 5.82 Å². The molecular formula is C21H21Cl2N5O2. The second-order valence-corrected chi connectivity index (χ2v) is 7.86. The second-order valence-electron chi connectivity index (χ2n) is 7.01. The maximum Gasteiger partial charge on any atom is 0.253 e. The number of aromatic nitrogens is 3. The molecule has 7 nitrogen and oxygen atoms in total. The summed E-state index contributed by atoms with van der Waals surface area (Å²) in [5, 5.41) is 10.4. The lowest BCUT2D eigenvalue weighted by atomic mass is 10.0. The summed E-state index contributed by atoms with van der Waals surface area (Å²) in [6.07, 6.45) is 5.15. The average Bonchev–Trinajstić information content (AvgIpc) is 3.25. The van der Waals surface area contributed by atoms with E-state index in [0.29, 0.717) is 10.8 Å². The Balaban J connectivity index is 1.62. The number of nitrogens with zero attached hydrogens (tertiary/aromatic N) is 3. The highest BCUT2D eigenvalue weighted by atomic mass is 35.5. The van der Waals surface area contributed by atoms with Gasteiger partial charge in [0.25, 0.3) is 5.91 Å². The molecule has 9 heteroatoms. The van der Waals surface area contributed by atoms with Crippen molar-refractivity contribution < 1.29 is 9.59 Å². The summed E-state index contributed by atoms with van der Waals surface area (Å²) >= 11 is 12.0. The Labute approximate surface area is 184 Å². The molecule has 1 atom stereocenters. The molecule has 3 aromatic rings. The molecule has 2 N–H and O–H groups in total. The molecule has 0 saturated carbocycles. The summed E-state index contributed by atoms with van der Waals surface area (Å²) in [6.45, 7) is 3.99. The van der Waals surface area contributed by atoms with Gasteiger partial charge in [-0.05, 0) is 41.8 Å². The molecule has 0 radical (unpaired) electrons. The fraction of sp³-hybridized carbons (Fsp3) is 0.238. The molecule has 2 heterocycles. The van der Waals surface area contributed by atoms with E-state index >= 15 is 0 Å². The lowest BCUT2D eigenvalue weighted by Crippen LogP contribution is -2.49. The molecule has 0 unspecified atom stereocenters. The molecule has 1 aromatic carbocycles. The number of halogens is 2. The predicted octanol–water partition coefficient (Wildman–Crippen LogP) is 3.64. The minimum atomic E-state index is -0.722. The van der Waals surface area contributed by atoms with Crippen molar-refractivity contribution in [3.8, 4) is 5.82 Å². The van der Waals surface area contributed by atoms with E-state index in [-0.39, 0.29) is 29.0 Å². The zero-order chi connectivity index (χ0) is 21.7. The second kappa shape index (κ2) is 9.73. The normalized spacial score (nSPS) is 11.9. The summed E-state index contributed by atoms with van der Waals surface area (Å²) in [5.74, 6) is -0.169. The summed E-state index contributed by atoms with van der Waals surface area (Å²) in [6, 6.07) is 9.37. The molecule has 0 spiro atoms. The molecule has 0 aliphatic rings. The molecular weight excluding hydrogens is 425 g/mol. The van der Waals surface area contributed by atoms with E-state index < -0.39 is 11.9 Å². The molecule has 0 saturated heterocycles. The molecule has 0 aliphatic heterocycles. The standard InChI is InChI=1S/C21H21Cl2N5O2/c1-13(2)19(27-20(29)16-6-5-15(22)10-17(16)23)21(30)25-12-14-4-7-18(24-11-14)28-9-3-8-26-28/h3-11,13,19H,12H2,1-2H3,(H,25,30)(H,27,29)/t19-/m1/s1. The molecule has 3 rings (SSSR count). The first-order chi connectivity index (χ1) is 14.3. The van der Waals surface area contributed by atoms with Gasteiger partial charge in [0.2, 0.25) is 5.91 Å². The van der Waals surface area contributed by atoms with Gasteiger partial charge in [-0.25, -0.2) is 9.67 Å². The summed E-state index contributed by atoms with van der Waals surface area (Å²) < 4.78 is 1.65. The first-order valence-corrected chi connectivity index (χ1v) is 10.1. The highest BCUT2D eigenvalue weighted by molar-refractivity contribution is 6.36. The Kier molecular flexibility index (Phi) is 7.07. The molecule has 0 aliphatic carbocycles. The highest BCUT2D eigenvalue weighted by Crippen LogP contribution is 2.21. The van der Waals surface area contributed by atoms with Gasteiger partial charge >= 0.3 is 0 Å². The van der Waals surface area contributed by atoms with Gasteiger partial charge < -0.3 is 10.6 Å². The fourth-order valence-electron chi connectivity index (χ4n) is 2.79. The Morgan fingerprint density at radius 3 is 2.57 bits per heavy atom. The quantitative estimate of drug-likeness (QED) is 0.580. The lowest BCUT2D eigenvalue weighted by molar-refractivity contribution is -0.124. The van der Waals surface area contributed by atoms with Crippen molar-refractivity contribution in [1.82, 2.24) is 25.4 Å². The number of hydrogen-bond donors (Lipinski definition) is 2. The molecule has 0 bridgehead atoms. The van der Waals surface area contributed by atoms with Crippen LogP contribution in [0.2, 0.25) is 10.0 Å². The zero-order valence-corrected chi connectivity index (χ0v) is 18.0. The number of amides is 2. The molecule has 0 fully saturated rings. The van der Waals surface area contributed by atoms with Crippen LogP contribution < -0.4 is 10.6 Å². The van der Waals surface area contributed by atoms with Crippen LogP contribution in [0.15, 0.2) is 55.0 Å². The smallest absolute Gasteiger partial charge is 0.253 e. The van der Waals surface area contributed by atoms with E-state index in [0.717, 1.165) is 5.56 Å². The van der Waals surface area contributed by atoms with Crippen LogP contribution in [0.25, 0.3) is 5.82 Å². The number of rotatable bonds is 7. The van der Waals surface area contributed by atoms with E-state index in [2.05, 4.69) is 20.7 Å². The Morgan fingerprint density at radius 1 is 1.17 bits per heavy atom. The maximum atomic E-state index is 12.7. The SMILES string of the molecule is CC(C)[C@@H](NC(=O)c1ccc(Cl)cc1Cl)C(=O)NCc1ccc(-n2cccn2)nc1. The molecule has 2 amide bonds. The van der Waals surface area contributed by atoms with E-state index in [4.69, 9.17) is 23.2 Å². The molecule has 2 aromatic heterocycles. The van der Waals surface area contributed by atoms with Gasteiger partial charge in [-0.3, -0.25) is 9.59 Å². The van der Waals surface area contributed by atoms with Crippen LogP contribution in [0.3, 0.4) is 0 Å². The van der Waals surface area contributed by atoms with Gasteiger partial charge in [0.1, 0.15) is 6.04 Å². The minimum absolute atomic E-state index is 0.125. The number of carbonyl (C=O) groups excluding carboxylic acids is 2. The van der Waals surface area contributed by atoms with Crippen molar-refractivity contribution in [3.05, 3.63) is 76.2 Å². The van der Waals surface area contributed by atoms with Crippen molar-refractivity contribution >= 4 is 35.0 Å². The van der Waals surface area contributed by atoms with Crippen LogP contribution >= 0.6 is 23.2 Å². The third-order valence-corrected chi connectivity index (χ3v) is 4.97. The van der Waals surface area contributed by atoms with Crippen LogP contribution in [-0.4, -0.2) is 32.6 Å². The third-order valence-electron chi connectivity index (χ3n) is 4.43. The number of nitrogens with one attached hydrogen (secondary N) is 2. The average molecular weight is 446 g/mol. The largest absolute Gasteiger partial charge is 0.350 e. The minimum Gasteiger partial charge on any atom is -0.350 e. The van der Waals surface area contributed by atoms with E-state index in [1.165, 1.54) is 12.1 Å². The third kappa shape index (κ3) is 5.37. The fourth-order valence-corrected chi connectivity index (χ4v) is 3.28. The van der Waals surface area contributed by atoms with Crippen molar-refractivity contribution in [2.75, 3.05) is 0 Å². The van der Waals surface area contributed by atoms with E-state index in [9.17, 15) is 9.59 Å². The Bertz CT molecular complexity index is 1020.